The molecule has 2 N–H and O–H groups in total. The first-order valence-corrected chi connectivity index (χ1v) is 21.9. The second kappa shape index (κ2) is 17.4. The van der Waals surface area contributed by atoms with Crippen LogP contribution in [0.15, 0.2) is 103 Å². The Labute approximate surface area is 350 Å². The number of allylic oxidation sites excluding steroid dienone is 2. The molecule has 0 fully saturated rings. The van der Waals surface area contributed by atoms with E-state index in [9.17, 15) is 26.3 Å². The Hall–Kier alpha value is -6.08. The molecule has 62 heavy (non-hydrogen) atoms. The van der Waals surface area contributed by atoms with Gasteiger partial charge in [-0.2, -0.15) is 30.6 Å². The van der Waals surface area contributed by atoms with E-state index >= 15 is 0 Å². The molecule has 322 valence electrons. The first-order valence-electron chi connectivity index (χ1n) is 19.1. The van der Waals surface area contributed by atoms with Crippen LogP contribution in [0, 0.1) is 16.8 Å². The van der Waals surface area contributed by atoms with Crippen molar-refractivity contribution >= 4 is 78.3 Å². The summed E-state index contributed by atoms with van der Waals surface area (Å²) < 4.78 is 123. The average molecular weight is 895 g/mol. The third-order valence-electron chi connectivity index (χ3n) is 10.4. The minimum atomic E-state index is -6.09. The second-order valence-corrected chi connectivity index (χ2v) is 17.2. The average Bonchev–Trinajstić information content (AvgIpc) is 3.72. The van der Waals surface area contributed by atoms with Crippen LogP contribution in [0.2, 0.25) is 0 Å². The van der Waals surface area contributed by atoms with Gasteiger partial charge in [-0.25, -0.2) is 21.4 Å². The molecule has 0 amide bonds. The second-order valence-electron chi connectivity index (χ2n) is 14.5. The maximum atomic E-state index is 10.7. The summed E-state index contributed by atoms with van der Waals surface area (Å²) in [4.78, 5) is 6.83. The number of aromatic amines is 2. The molecule has 0 saturated heterocycles. The van der Waals surface area contributed by atoms with Crippen molar-refractivity contribution in [1.29, 1.82) is 0 Å². The molecule has 3 aromatic carbocycles. The summed E-state index contributed by atoms with van der Waals surface area (Å²) in [5, 5.41) is 6.52. The minimum Gasteiger partial charge on any atom is -0.741 e. The lowest BCUT2D eigenvalue weighted by Crippen LogP contribution is -2.26. The molecular weight excluding hydrogens is 859 g/mol. The Bertz CT molecular complexity index is 3250. The fourth-order valence-corrected chi connectivity index (χ4v) is 7.55. The Balaban J connectivity index is 0.000000309. The van der Waals surface area contributed by atoms with E-state index in [1.54, 1.807) is 0 Å². The zero-order chi connectivity index (χ0) is 44.5. The lowest BCUT2D eigenvalue weighted by atomic mass is 9.97. The maximum Gasteiger partial charge on any atom is 0.485 e. The highest BCUT2D eigenvalue weighted by Crippen LogP contribution is 2.25. The SMILES string of the molecule is C1=C(/C=C/c2c[nH]c3ccccc23)C=[n+]2ccc(/C=C/c3c[nH]c4ccccc34)cc2=c2c1ccc1c2=C2CCCC=[N+]2CCC1.O=S(=O)([O-])C(F)(F)F.O=S(=O)([O-])C(F)(F)F. The Kier molecular flexibility index (Phi) is 12.3. The first-order chi connectivity index (χ1) is 29.3. The van der Waals surface area contributed by atoms with E-state index < -0.39 is 31.3 Å². The van der Waals surface area contributed by atoms with Crippen molar-refractivity contribution in [3.8, 4) is 0 Å². The number of fused-ring (bicyclic) bond motifs is 7. The van der Waals surface area contributed by atoms with Crippen LogP contribution < -0.4 is 9.46 Å². The summed E-state index contributed by atoms with van der Waals surface area (Å²) in [5.41, 5.74) is 0.0379. The number of alkyl halides is 6. The Morgan fingerprint density at radius 1 is 0.677 bits per heavy atom. The van der Waals surface area contributed by atoms with E-state index in [0.29, 0.717) is 0 Å². The highest BCUT2D eigenvalue weighted by atomic mass is 32.2. The van der Waals surface area contributed by atoms with Gasteiger partial charge in [-0.3, -0.25) is 0 Å². The molecule has 3 aliphatic heterocycles. The molecule has 0 radical (unpaired) electrons. The van der Waals surface area contributed by atoms with Crippen LogP contribution in [0.25, 0.3) is 51.8 Å². The van der Waals surface area contributed by atoms with Crippen molar-refractivity contribution in [3.63, 3.8) is 0 Å². The number of nitrogens with one attached hydrogen (secondary N) is 2. The molecule has 18 heteroatoms. The number of nitrogens with zero attached hydrogens (tertiary/aromatic N) is 2. The van der Waals surface area contributed by atoms with Gasteiger partial charge >= 0.3 is 11.0 Å². The number of hydrogen-bond acceptors (Lipinski definition) is 6. The summed E-state index contributed by atoms with van der Waals surface area (Å²) in [6.45, 7) is 1.10. The molecule has 9 rings (SSSR count). The third-order valence-corrected chi connectivity index (χ3v) is 11.5. The zero-order valence-corrected chi connectivity index (χ0v) is 34.0. The largest absolute Gasteiger partial charge is 0.741 e. The molecule has 0 saturated carbocycles. The van der Waals surface area contributed by atoms with Gasteiger partial charge in [-0.05, 0) is 64.9 Å². The molecule has 0 bridgehead atoms. The number of aromatic nitrogens is 3. The van der Waals surface area contributed by atoms with Gasteiger partial charge in [-0.1, -0.05) is 66.8 Å². The van der Waals surface area contributed by atoms with Crippen LogP contribution in [0.1, 0.15) is 53.5 Å². The molecule has 6 heterocycles. The van der Waals surface area contributed by atoms with Crippen molar-refractivity contribution in [3.05, 3.63) is 153 Å². The lowest BCUT2D eigenvalue weighted by Gasteiger charge is -2.10. The van der Waals surface area contributed by atoms with E-state index in [1.807, 2.05) is 0 Å². The number of halogens is 6. The first kappa shape index (κ1) is 44.0. The van der Waals surface area contributed by atoms with Gasteiger partial charge in [0.25, 0.3) is 0 Å². The fourth-order valence-electron chi connectivity index (χ4n) is 7.55. The van der Waals surface area contributed by atoms with Gasteiger partial charge in [0.2, 0.25) is 5.35 Å². The standard InChI is InChI=1S/C42H36N4.2CHF3O3S/c1-3-11-37-35(9-1)33(26-43-37)16-14-29-20-23-46-28-30(15-17-34-27-44-38-12-4-2-10-36(34)38)24-32-19-18-31-8-7-22-45-21-6-5-13-39(45)41(31)42(32)40(46)25-29;2*2-1(3,4)8(5,6)7/h1-4,9-12,14-21,23-28,43-44H,5-8,13,22H2;2*(H,5,6,7)/q+2;;/p-2/b16-14+,17-15+;;. The van der Waals surface area contributed by atoms with Crippen molar-refractivity contribution in [2.45, 2.75) is 43.1 Å². The van der Waals surface area contributed by atoms with Crippen molar-refractivity contribution in [2.24, 2.45) is 0 Å². The van der Waals surface area contributed by atoms with E-state index in [4.69, 9.17) is 25.9 Å². The number of aryl methyl sites for hydroxylation is 1. The summed E-state index contributed by atoms with van der Waals surface area (Å²) in [6, 6.07) is 26.3. The Morgan fingerprint density at radius 3 is 1.85 bits per heavy atom. The van der Waals surface area contributed by atoms with Crippen LogP contribution >= 0.6 is 0 Å². The van der Waals surface area contributed by atoms with E-state index in [-0.39, 0.29) is 0 Å². The topological polar surface area (TPSA) is 155 Å². The van der Waals surface area contributed by atoms with Crippen molar-refractivity contribution in [1.82, 2.24) is 9.97 Å². The Morgan fingerprint density at radius 2 is 1.26 bits per heavy atom. The summed E-state index contributed by atoms with van der Waals surface area (Å²) in [6.07, 6.45) is 28.3. The summed E-state index contributed by atoms with van der Waals surface area (Å²) in [5.74, 6) is 0. The summed E-state index contributed by atoms with van der Waals surface area (Å²) in [7, 11) is -12.2. The third kappa shape index (κ3) is 9.68. The van der Waals surface area contributed by atoms with Gasteiger partial charge in [-0.15, -0.1) is 0 Å². The normalized spacial score (nSPS) is 15.5. The maximum absolute atomic E-state index is 10.7. The molecule has 0 unspecified atom stereocenters. The van der Waals surface area contributed by atoms with Crippen LogP contribution in [0.3, 0.4) is 0 Å². The molecule has 3 aromatic heterocycles. The van der Waals surface area contributed by atoms with Gasteiger partial charge in [0.15, 0.2) is 38.3 Å². The molecule has 6 aromatic rings. The predicted octanol–water partition coefficient (Wildman–Crippen LogP) is 7.94. The highest BCUT2D eigenvalue weighted by molar-refractivity contribution is 7.86. The van der Waals surface area contributed by atoms with Gasteiger partial charge in [0, 0.05) is 71.2 Å². The van der Waals surface area contributed by atoms with Gasteiger partial charge < -0.3 is 19.1 Å². The molecule has 10 nitrogen and oxygen atoms in total. The van der Waals surface area contributed by atoms with Crippen LogP contribution in [-0.2, 0) is 26.7 Å². The summed E-state index contributed by atoms with van der Waals surface area (Å²) >= 11 is 0. The van der Waals surface area contributed by atoms with Gasteiger partial charge in [0.1, 0.15) is 12.8 Å². The van der Waals surface area contributed by atoms with Crippen LogP contribution in [-0.4, -0.2) is 64.3 Å². The predicted molar refractivity (Wildman–Crippen MR) is 221 cm³/mol. The molecule has 0 atom stereocenters. The number of para-hydroxylation sites is 2. The minimum absolute atomic E-state index is 1.10. The lowest BCUT2D eigenvalue weighted by molar-refractivity contribution is -0.519. The van der Waals surface area contributed by atoms with Crippen molar-refractivity contribution in [2.75, 3.05) is 6.54 Å². The molecule has 3 aliphatic rings. The van der Waals surface area contributed by atoms with Crippen LogP contribution in [0.4, 0.5) is 26.3 Å². The molecular formula is C44H36F6N4O6S2. The molecule has 0 aliphatic carbocycles. The molecule has 0 spiro atoms. The number of rotatable bonds is 4. The quantitative estimate of drug-likeness (QED) is 0.0793. The van der Waals surface area contributed by atoms with E-state index in [1.165, 1.54) is 84.9 Å². The smallest absolute Gasteiger partial charge is 0.485 e. The van der Waals surface area contributed by atoms with E-state index in [0.717, 1.165) is 30.4 Å². The fraction of sp³-hybridized carbons (Fsp3) is 0.182. The zero-order valence-electron chi connectivity index (χ0n) is 32.4. The monoisotopic (exact) mass is 894 g/mol. The number of benzene rings is 3. The van der Waals surface area contributed by atoms with E-state index in [2.05, 4.69) is 153 Å². The highest BCUT2D eigenvalue weighted by Gasteiger charge is 2.37. The van der Waals surface area contributed by atoms with Crippen LogP contribution in [0.5, 0.6) is 0 Å². The van der Waals surface area contributed by atoms with Gasteiger partial charge in [0.05, 0.1) is 10.4 Å². The number of pyridine rings is 1. The number of H-pyrrole nitrogens is 2. The van der Waals surface area contributed by atoms with Crippen molar-refractivity contribution < 1.29 is 61.1 Å². The number of hydrogen-bond donors (Lipinski definition) is 2.